The molecule has 5 heteroatoms. The van der Waals surface area contributed by atoms with Crippen LogP contribution < -0.4 is 10.5 Å². The Morgan fingerprint density at radius 3 is 2.53 bits per heavy atom. The van der Waals surface area contributed by atoms with Crippen LogP contribution >= 0.6 is 0 Å². The third kappa shape index (κ3) is 2.33. The highest BCUT2D eigenvalue weighted by Gasteiger charge is 2.12. The molecule has 3 N–H and O–H groups in total. The van der Waals surface area contributed by atoms with Crippen molar-refractivity contribution in [1.82, 2.24) is 9.55 Å². The number of phenols is 1. The molecule has 0 radical (unpaired) electrons. The summed E-state index contributed by atoms with van der Waals surface area (Å²) >= 11 is 0. The third-order valence-electron chi connectivity index (χ3n) is 2.35. The van der Waals surface area contributed by atoms with Gasteiger partial charge >= 0.3 is 6.01 Å². The van der Waals surface area contributed by atoms with Crippen LogP contribution in [0.1, 0.15) is 19.9 Å². The number of aromatic nitrogens is 2. The normalized spacial score (nSPS) is 10.8. The number of rotatable bonds is 3. The molecule has 0 amide bonds. The number of aromatic hydroxyl groups is 1. The number of hydrogen-bond donors (Lipinski definition) is 2. The molecule has 2 aromatic rings. The zero-order chi connectivity index (χ0) is 12.4. The van der Waals surface area contributed by atoms with Crippen LogP contribution in [0.3, 0.4) is 0 Å². The Morgan fingerprint density at radius 1 is 1.29 bits per heavy atom. The first-order chi connectivity index (χ1) is 8.08. The molecular formula is C12H15N3O2. The zero-order valence-electron chi connectivity index (χ0n) is 9.79. The fourth-order valence-corrected chi connectivity index (χ4v) is 1.57. The second-order valence-corrected chi connectivity index (χ2v) is 4.03. The van der Waals surface area contributed by atoms with E-state index in [2.05, 4.69) is 4.98 Å². The summed E-state index contributed by atoms with van der Waals surface area (Å²) in [5, 5.41) is 9.17. The minimum atomic E-state index is 0.171. The highest BCUT2D eigenvalue weighted by Crippen LogP contribution is 2.27. The van der Waals surface area contributed by atoms with Crippen molar-refractivity contribution in [3.05, 3.63) is 30.5 Å². The van der Waals surface area contributed by atoms with Crippen molar-refractivity contribution in [1.29, 1.82) is 0 Å². The van der Waals surface area contributed by atoms with Gasteiger partial charge in [0.2, 0.25) is 0 Å². The third-order valence-corrected chi connectivity index (χ3v) is 2.35. The van der Waals surface area contributed by atoms with E-state index in [4.69, 9.17) is 10.5 Å². The number of anilines is 1. The lowest BCUT2D eigenvalue weighted by Crippen LogP contribution is -2.06. The number of ether oxygens (including phenoxy) is 1. The number of hydrogen-bond acceptors (Lipinski definition) is 4. The lowest BCUT2D eigenvalue weighted by molar-refractivity contribution is 0.396. The average Bonchev–Trinajstić information content (AvgIpc) is 2.63. The Labute approximate surface area is 99.5 Å². The summed E-state index contributed by atoms with van der Waals surface area (Å²) in [5.74, 6) is 1.37. The van der Waals surface area contributed by atoms with E-state index in [1.165, 1.54) is 0 Å². The standard InChI is InChI=1S/C12H15N3O2/c1-8(2)15-11(13)7-14-12(15)17-10-5-3-9(16)4-6-10/h3-8,16H,13H2,1-2H3. The van der Waals surface area contributed by atoms with Gasteiger partial charge in [-0.25, -0.2) is 4.98 Å². The quantitative estimate of drug-likeness (QED) is 0.854. The highest BCUT2D eigenvalue weighted by molar-refractivity contribution is 5.35. The van der Waals surface area contributed by atoms with E-state index in [9.17, 15) is 5.11 Å². The van der Waals surface area contributed by atoms with Gasteiger partial charge < -0.3 is 15.6 Å². The Balaban J connectivity index is 2.27. The predicted octanol–water partition coefficient (Wildman–Crippen LogP) is 2.54. The summed E-state index contributed by atoms with van der Waals surface area (Å²) in [5.41, 5.74) is 5.80. The Bertz CT molecular complexity index is 503. The van der Waals surface area contributed by atoms with E-state index in [1.54, 1.807) is 35.0 Å². The Morgan fingerprint density at radius 2 is 1.94 bits per heavy atom. The molecule has 0 fully saturated rings. The monoisotopic (exact) mass is 233 g/mol. The van der Waals surface area contributed by atoms with Crippen LogP contribution in [0.2, 0.25) is 0 Å². The van der Waals surface area contributed by atoms with Gasteiger partial charge in [-0.15, -0.1) is 0 Å². The van der Waals surface area contributed by atoms with Crippen molar-refractivity contribution in [2.45, 2.75) is 19.9 Å². The molecule has 0 saturated heterocycles. The van der Waals surface area contributed by atoms with Crippen LogP contribution in [0.15, 0.2) is 30.5 Å². The number of nitrogen functional groups attached to an aromatic ring is 1. The highest BCUT2D eigenvalue weighted by atomic mass is 16.5. The smallest absolute Gasteiger partial charge is 0.303 e. The summed E-state index contributed by atoms with van der Waals surface area (Å²) in [7, 11) is 0. The number of nitrogens with zero attached hydrogens (tertiary/aromatic N) is 2. The van der Waals surface area contributed by atoms with Gasteiger partial charge in [0, 0.05) is 6.04 Å². The largest absolute Gasteiger partial charge is 0.508 e. The molecule has 5 nitrogen and oxygen atoms in total. The minimum Gasteiger partial charge on any atom is -0.508 e. The van der Waals surface area contributed by atoms with Crippen molar-refractivity contribution < 1.29 is 9.84 Å². The van der Waals surface area contributed by atoms with E-state index < -0.39 is 0 Å². The molecule has 0 bridgehead atoms. The average molecular weight is 233 g/mol. The molecule has 17 heavy (non-hydrogen) atoms. The Kier molecular flexibility index (Phi) is 2.91. The van der Waals surface area contributed by atoms with E-state index in [1.807, 2.05) is 13.8 Å². The molecule has 0 unspecified atom stereocenters. The first kappa shape index (κ1) is 11.3. The molecule has 0 aliphatic carbocycles. The molecule has 0 aliphatic heterocycles. The van der Waals surface area contributed by atoms with E-state index in [0.717, 1.165) is 0 Å². The second-order valence-electron chi connectivity index (χ2n) is 4.03. The second kappa shape index (κ2) is 4.37. The summed E-state index contributed by atoms with van der Waals surface area (Å²) in [6, 6.07) is 7.08. The van der Waals surface area contributed by atoms with Crippen LogP contribution in [0.5, 0.6) is 17.5 Å². The van der Waals surface area contributed by atoms with E-state index in [-0.39, 0.29) is 11.8 Å². The van der Waals surface area contributed by atoms with Crippen LogP contribution in [-0.2, 0) is 0 Å². The number of nitrogens with two attached hydrogens (primary N) is 1. The first-order valence-corrected chi connectivity index (χ1v) is 5.37. The van der Waals surface area contributed by atoms with Crippen molar-refractivity contribution in [2.75, 3.05) is 5.73 Å². The number of phenolic OH excluding ortho intramolecular Hbond substituents is 1. The van der Waals surface area contributed by atoms with Crippen molar-refractivity contribution in [3.8, 4) is 17.5 Å². The topological polar surface area (TPSA) is 73.3 Å². The summed E-state index contributed by atoms with van der Waals surface area (Å²) in [4.78, 5) is 4.11. The van der Waals surface area contributed by atoms with Gasteiger partial charge in [0.1, 0.15) is 17.3 Å². The van der Waals surface area contributed by atoms with Crippen molar-refractivity contribution in [2.24, 2.45) is 0 Å². The van der Waals surface area contributed by atoms with Gasteiger partial charge in [-0.05, 0) is 38.1 Å². The zero-order valence-corrected chi connectivity index (χ0v) is 9.79. The fourth-order valence-electron chi connectivity index (χ4n) is 1.57. The molecule has 0 spiro atoms. The molecule has 1 aromatic carbocycles. The lowest BCUT2D eigenvalue weighted by atomic mass is 10.3. The van der Waals surface area contributed by atoms with Crippen LogP contribution in [0.4, 0.5) is 5.82 Å². The molecule has 0 atom stereocenters. The molecule has 0 saturated carbocycles. The summed E-state index contributed by atoms with van der Waals surface area (Å²) < 4.78 is 7.41. The van der Waals surface area contributed by atoms with Gasteiger partial charge in [0.25, 0.3) is 0 Å². The number of benzene rings is 1. The molecule has 0 aliphatic rings. The minimum absolute atomic E-state index is 0.171. The van der Waals surface area contributed by atoms with Crippen molar-refractivity contribution >= 4 is 5.82 Å². The van der Waals surface area contributed by atoms with Gasteiger partial charge in [0.05, 0.1) is 6.20 Å². The van der Waals surface area contributed by atoms with Gasteiger partial charge in [0.15, 0.2) is 0 Å². The predicted molar refractivity (Wildman–Crippen MR) is 65.2 cm³/mol. The van der Waals surface area contributed by atoms with Crippen LogP contribution in [-0.4, -0.2) is 14.7 Å². The molecule has 1 aromatic heterocycles. The lowest BCUT2D eigenvalue weighted by Gasteiger charge is -2.13. The maximum absolute atomic E-state index is 9.17. The van der Waals surface area contributed by atoms with E-state index >= 15 is 0 Å². The molecule has 90 valence electrons. The summed E-state index contributed by atoms with van der Waals surface area (Å²) in [6.45, 7) is 4.00. The van der Waals surface area contributed by atoms with E-state index in [0.29, 0.717) is 17.6 Å². The first-order valence-electron chi connectivity index (χ1n) is 5.37. The SMILES string of the molecule is CC(C)n1c(N)cnc1Oc1ccc(O)cc1. The summed E-state index contributed by atoms with van der Waals surface area (Å²) in [6.07, 6.45) is 1.57. The maximum Gasteiger partial charge on any atom is 0.303 e. The van der Waals surface area contributed by atoms with Gasteiger partial charge in [-0.2, -0.15) is 0 Å². The van der Waals surface area contributed by atoms with Crippen LogP contribution in [0, 0.1) is 0 Å². The molecule has 1 heterocycles. The maximum atomic E-state index is 9.17. The molecular weight excluding hydrogens is 218 g/mol. The number of imidazole rings is 1. The Hall–Kier alpha value is -2.17. The van der Waals surface area contributed by atoms with Gasteiger partial charge in [-0.1, -0.05) is 0 Å². The fraction of sp³-hybridized carbons (Fsp3) is 0.250. The van der Waals surface area contributed by atoms with Gasteiger partial charge in [-0.3, -0.25) is 4.57 Å². The molecule has 2 rings (SSSR count). The van der Waals surface area contributed by atoms with Crippen LogP contribution in [0.25, 0.3) is 0 Å². The van der Waals surface area contributed by atoms with Crippen molar-refractivity contribution in [3.63, 3.8) is 0 Å².